The summed E-state index contributed by atoms with van der Waals surface area (Å²) in [6.45, 7) is 6.71. The molecular formula is C13H16ClNO2. The number of anilines is 1. The fourth-order valence-electron chi connectivity index (χ4n) is 1.62. The molecule has 0 aliphatic rings. The van der Waals surface area contributed by atoms with Gasteiger partial charge in [0, 0.05) is 23.8 Å². The van der Waals surface area contributed by atoms with Crippen molar-refractivity contribution < 1.29 is 9.90 Å². The maximum absolute atomic E-state index is 10.6. The number of hydrogen-bond donors (Lipinski definition) is 1. The highest BCUT2D eigenvalue weighted by Crippen LogP contribution is 2.24. The Morgan fingerprint density at radius 3 is 2.88 bits per heavy atom. The SMILES string of the molecule is C=CCN(CCC(=O)O)c1cc(Cl)ccc1C. The molecule has 0 heterocycles. The fraction of sp³-hybridized carbons (Fsp3) is 0.308. The topological polar surface area (TPSA) is 40.5 Å². The molecule has 17 heavy (non-hydrogen) atoms. The lowest BCUT2D eigenvalue weighted by Crippen LogP contribution is -2.26. The first-order valence-corrected chi connectivity index (χ1v) is 5.76. The van der Waals surface area contributed by atoms with Gasteiger partial charge in [-0.1, -0.05) is 23.7 Å². The number of benzene rings is 1. The van der Waals surface area contributed by atoms with Crippen molar-refractivity contribution in [3.63, 3.8) is 0 Å². The van der Waals surface area contributed by atoms with Gasteiger partial charge in [-0.3, -0.25) is 4.79 Å². The van der Waals surface area contributed by atoms with E-state index >= 15 is 0 Å². The Bertz CT molecular complexity index is 418. The molecule has 4 heteroatoms. The van der Waals surface area contributed by atoms with Gasteiger partial charge in [0.25, 0.3) is 0 Å². The zero-order valence-electron chi connectivity index (χ0n) is 9.82. The van der Waals surface area contributed by atoms with E-state index in [4.69, 9.17) is 16.7 Å². The molecule has 0 bridgehead atoms. The van der Waals surface area contributed by atoms with Crippen molar-refractivity contribution in [1.29, 1.82) is 0 Å². The Morgan fingerprint density at radius 2 is 2.29 bits per heavy atom. The molecule has 92 valence electrons. The second-order valence-electron chi connectivity index (χ2n) is 3.81. The number of carboxylic acids is 1. The van der Waals surface area contributed by atoms with Crippen LogP contribution in [0, 0.1) is 6.92 Å². The quantitative estimate of drug-likeness (QED) is 0.792. The molecule has 0 aromatic heterocycles. The van der Waals surface area contributed by atoms with Crippen LogP contribution in [0.3, 0.4) is 0 Å². The zero-order chi connectivity index (χ0) is 12.8. The Hall–Kier alpha value is -1.48. The summed E-state index contributed by atoms with van der Waals surface area (Å²) in [5.74, 6) is -0.807. The van der Waals surface area contributed by atoms with Gasteiger partial charge in [-0.05, 0) is 24.6 Å². The normalized spacial score (nSPS) is 10.0. The molecule has 1 aromatic carbocycles. The van der Waals surface area contributed by atoms with E-state index in [1.807, 2.05) is 30.0 Å². The van der Waals surface area contributed by atoms with Crippen LogP contribution in [0.25, 0.3) is 0 Å². The van der Waals surface area contributed by atoms with Crippen LogP contribution in [0.2, 0.25) is 5.02 Å². The monoisotopic (exact) mass is 253 g/mol. The van der Waals surface area contributed by atoms with E-state index in [-0.39, 0.29) is 6.42 Å². The van der Waals surface area contributed by atoms with E-state index in [0.29, 0.717) is 18.1 Å². The Labute approximate surface area is 106 Å². The van der Waals surface area contributed by atoms with Crippen molar-refractivity contribution in [2.45, 2.75) is 13.3 Å². The summed E-state index contributed by atoms with van der Waals surface area (Å²) < 4.78 is 0. The minimum Gasteiger partial charge on any atom is -0.481 e. The largest absolute Gasteiger partial charge is 0.481 e. The number of halogens is 1. The van der Waals surface area contributed by atoms with E-state index in [9.17, 15) is 4.79 Å². The number of nitrogens with zero attached hydrogens (tertiary/aromatic N) is 1. The van der Waals surface area contributed by atoms with Gasteiger partial charge in [0.05, 0.1) is 6.42 Å². The highest BCUT2D eigenvalue weighted by atomic mass is 35.5. The number of hydrogen-bond acceptors (Lipinski definition) is 2. The highest BCUT2D eigenvalue weighted by Gasteiger charge is 2.10. The fourth-order valence-corrected chi connectivity index (χ4v) is 1.79. The first kappa shape index (κ1) is 13.6. The van der Waals surface area contributed by atoms with E-state index in [1.165, 1.54) is 0 Å². The number of aliphatic carboxylic acids is 1. The molecule has 0 spiro atoms. The van der Waals surface area contributed by atoms with Gasteiger partial charge in [0.15, 0.2) is 0 Å². The van der Waals surface area contributed by atoms with Crippen molar-refractivity contribution >= 4 is 23.3 Å². The second-order valence-corrected chi connectivity index (χ2v) is 4.25. The average molecular weight is 254 g/mol. The minimum absolute atomic E-state index is 0.0970. The van der Waals surface area contributed by atoms with Gasteiger partial charge in [-0.25, -0.2) is 0 Å². The second kappa shape index (κ2) is 6.30. The number of carbonyl (C=O) groups is 1. The molecule has 0 radical (unpaired) electrons. The molecule has 0 amide bonds. The van der Waals surface area contributed by atoms with Gasteiger partial charge < -0.3 is 10.0 Å². The minimum atomic E-state index is -0.807. The summed E-state index contributed by atoms with van der Waals surface area (Å²) in [5.41, 5.74) is 2.03. The Balaban J connectivity index is 2.91. The molecule has 0 unspecified atom stereocenters. The molecule has 0 saturated heterocycles. The van der Waals surface area contributed by atoms with Gasteiger partial charge in [0.2, 0.25) is 0 Å². The van der Waals surface area contributed by atoms with Crippen molar-refractivity contribution in [1.82, 2.24) is 0 Å². The van der Waals surface area contributed by atoms with Crippen LogP contribution in [-0.2, 0) is 4.79 Å². The van der Waals surface area contributed by atoms with Crippen LogP contribution in [0.1, 0.15) is 12.0 Å². The molecule has 1 aromatic rings. The molecule has 0 atom stereocenters. The lowest BCUT2D eigenvalue weighted by Gasteiger charge is -2.24. The van der Waals surface area contributed by atoms with Gasteiger partial charge in [-0.15, -0.1) is 6.58 Å². The summed E-state index contributed by atoms with van der Waals surface area (Å²) in [4.78, 5) is 12.6. The lowest BCUT2D eigenvalue weighted by molar-refractivity contribution is -0.136. The van der Waals surface area contributed by atoms with Crippen molar-refractivity contribution in [3.8, 4) is 0 Å². The lowest BCUT2D eigenvalue weighted by atomic mass is 10.1. The summed E-state index contributed by atoms with van der Waals surface area (Å²) in [6, 6.07) is 5.60. The number of carboxylic acid groups (broad SMARTS) is 1. The predicted octanol–water partition coefficient (Wildman–Crippen LogP) is 3.12. The smallest absolute Gasteiger partial charge is 0.305 e. The Kier molecular flexibility index (Phi) is 5.04. The predicted molar refractivity (Wildman–Crippen MR) is 70.9 cm³/mol. The van der Waals surface area contributed by atoms with E-state index in [0.717, 1.165) is 11.3 Å². The maximum Gasteiger partial charge on any atom is 0.305 e. The summed E-state index contributed by atoms with van der Waals surface area (Å²) in [5, 5.41) is 9.37. The van der Waals surface area contributed by atoms with Crippen molar-refractivity contribution in [2.75, 3.05) is 18.0 Å². The van der Waals surface area contributed by atoms with Crippen LogP contribution in [-0.4, -0.2) is 24.2 Å². The third-order valence-electron chi connectivity index (χ3n) is 2.46. The summed E-state index contributed by atoms with van der Waals surface area (Å²) >= 11 is 5.95. The van der Waals surface area contributed by atoms with Crippen LogP contribution in [0.15, 0.2) is 30.9 Å². The van der Waals surface area contributed by atoms with Crippen LogP contribution in [0.4, 0.5) is 5.69 Å². The Morgan fingerprint density at radius 1 is 1.59 bits per heavy atom. The van der Waals surface area contributed by atoms with E-state index in [1.54, 1.807) is 6.08 Å². The first-order chi connectivity index (χ1) is 8.04. The third-order valence-corrected chi connectivity index (χ3v) is 2.69. The third kappa shape index (κ3) is 4.11. The highest BCUT2D eigenvalue weighted by molar-refractivity contribution is 6.30. The summed E-state index contributed by atoms with van der Waals surface area (Å²) in [6.07, 6.45) is 1.85. The first-order valence-electron chi connectivity index (χ1n) is 5.38. The van der Waals surface area contributed by atoms with E-state index < -0.39 is 5.97 Å². The van der Waals surface area contributed by atoms with Crippen LogP contribution in [0.5, 0.6) is 0 Å². The molecule has 1 N–H and O–H groups in total. The average Bonchev–Trinajstić information content (AvgIpc) is 2.27. The molecule has 0 aliphatic carbocycles. The molecule has 1 rings (SSSR count). The standard InChI is InChI=1S/C13H16ClNO2/c1-3-7-15(8-6-13(16)17)12-9-11(14)5-4-10(12)2/h3-5,9H,1,6-8H2,2H3,(H,16,17). The zero-order valence-corrected chi connectivity index (χ0v) is 10.6. The van der Waals surface area contributed by atoms with Gasteiger partial charge in [-0.2, -0.15) is 0 Å². The number of aryl methyl sites for hydroxylation is 1. The molecule has 0 saturated carbocycles. The van der Waals surface area contributed by atoms with Crippen molar-refractivity contribution in [3.05, 3.63) is 41.4 Å². The molecular weight excluding hydrogens is 238 g/mol. The number of rotatable bonds is 6. The van der Waals surface area contributed by atoms with E-state index in [2.05, 4.69) is 6.58 Å². The maximum atomic E-state index is 10.6. The van der Waals surface area contributed by atoms with Crippen molar-refractivity contribution in [2.24, 2.45) is 0 Å². The molecule has 3 nitrogen and oxygen atoms in total. The van der Waals surface area contributed by atoms with Gasteiger partial charge >= 0.3 is 5.97 Å². The summed E-state index contributed by atoms with van der Waals surface area (Å²) in [7, 11) is 0. The van der Waals surface area contributed by atoms with Crippen LogP contribution < -0.4 is 4.90 Å². The van der Waals surface area contributed by atoms with Gasteiger partial charge in [0.1, 0.15) is 0 Å². The molecule has 0 fully saturated rings. The molecule has 0 aliphatic heterocycles. The van der Waals surface area contributed by atoms with Crippen LogP contribution >= 0.6 is 11.6 Å².